The van der Waals surface area contributed by atoms with Crippen LogP contribution in [0.5, 0.6) is 5.88 Å². The molecule has 3 aromatic rings. The van der Waals surface area contributed by atoms with Crippen molar-refractivity contribution < 1.29 is 22.7 Å². The SMILES string of the molecule is CN1CCC[C@@H]1C(=O)N1CCC(CCOc2ncc(-c3nc(C#N)nc4c3ncn4C)cc2C(F)(F)F)CC1. The van der Waals surface area contributed by atoms with E-state index in [1.807, 2.05) is 18.0 Å². The van der Waals surface area contributed by atoms with Crippen molar-refractivity contribution in [3.05, 3.63) is 30.0 Å². The number of carbonyl (C=O) groups is 1. The van der Waals surface area contributed by atoms with E-state index in [1.54, 1.807) is 11.6 Å². The molecule has 1 amide bonds. The van der Waals surface area contributed by atoms with Crippen LogP contribution in [0.1, 0.15) is 43.5 Å². The Morgan fingerprint density at radius 3 is 2.59 bits per heavy atom. The molecule has 3 aromatic heterocycles. The van der Waals surface area contributed by atoms with E-state index >= 15 is 0 Å². The number of nitrogens with zero attached hydrogens (tertiary/aromatic N) is 8. The lowest BCUT2D eigenvalue weighted by Gasteiger charge is -2.34. The molecule has 0 aliphatic carbocycles. The van der Waals surface area contributed by atoms with Gasteiger partial charge in [-0.15, -0.1) is 0 Å². The van der Waals surface area contributed by atoms with Crippen molar-refractivity contribution in [1.82, 2.24) is 34.3 Å². The number of halogens is 3. The summed E-state index contributed by atoms with van der Waals surface area (Å²) in [6, 6.07) is 2.71. The molecule has 5 heterocycles. The molecule has 2 saturated heterocycles. The Kier molecular flexibility index (Phi) is 7.40. The molecule has 10 nitrogen and oxygen atoms in total. The van der Waals surface area contributed by atoms with E-state index < -0.39 is 17.6 Å². The lowest BCUT2D eigenvalue weighted by atomic mass is 9.93. The monoisotopic (exact) mass is 542 g/mol. The first-order valence-corrected chi connectivity index (χ1v) is 12.9. The number of fused-ring (bicyclic) bond motifs is 1. The number of aryl methyl sites for hydroxylation is 1. The van der Waals surface area contributed by atoms with Gasteiger partial charge >= 0.3 is 6.18 Å². The zero-order valence-electron chi connectivity index (χ0n) is 21.8. The van der Waals surface area contributed by atoms with E-state index in [0.717, 1.165) is 38.3 Å². The average Bonchev–Trinajstić information content (AvgIpc) is 3.53. The molecule has 0 radical (unpaired) electrons. The van der Waals surface area contributed by atoms with Crippen molar-refractivity contribution in [2.45, 2.75) is 44.3 Å². The van der Waals surface area contributed by atoms with Gasteiger partial charge in [0.25, 0.3) is 0 Å². The highest BCUT2D eigenvalue weighted by atomic mass is 19.4. The number of nitriles is 1. The summed E-state index contributed by atoms with van der Waals surface area (Å²) in [5.41, 5.74) is -0.283. The number of pyridine rings is 1. The Labute approximate surface area is 223 Å². The number of aromatic nitrogens is 5. The van der Waals surface area contributed by atoms with E-state index in [2.05, 4.69) is 24.8 Å². The van der Waals surface area contributed by atoms with E-state index in [-0.39, 0.29) is 47.1 Å². The summed E-state index contributed by atoms with van der Waals surface area (Å²) in [6.07, 6.45) is 2.05. The zero-order chi connectivity index (χ0) is 27.7. The third kappa shape index (κ3) is 5.52. The molecule has 0 aromatic carbocycles. The number of alkyl halides is 3. The topological polar surface area (TPSA) is 113 Å². The van der Waals surface area contributed by atoms with Gasteiger partial charge < -0.3 is 14.2 Å². The minimum Gasteiger partial charge on any atom is -0.477 e. The summed E-state index contributed by atoms with van der Waals surface area (Å²) >= 11 is 0. The summed E-state index contributed by atoms with van der Waals surface area (Å²) in [4.78, 5) is 33.2. The lowest BCUT2D eigenvalue weighted by Crippen LogP contribution is -2.47. The quantitative estimate of drug-likeness (QED) is 0.466. The van der Waals surface area contributed by atoms with Gasteiger partial charge in [0.2, 0.25) is 17.6 Å². The lowest BCUT2D eigenvalue weighted by molar-refractivity contribution is -0.139. The van der Waals surface area contributed by atoms with E-state index in [1.165, 1.54) is 12.5 Å². The van der Waals surface area contributed by atoms with E-state index in [0.29, 0.717) is 25.2 Å². The number of rotatable bonds is 6. The number of likely N-dealkylation sites (tertiary alicyclic amines) is 2. The molecule has 1 atom stereocenters. The molecule has 0 N–H and O–H groups in total. The highest BCUT2D eigenvalue weighted by Gasteiger charge is 2.37. The second-order valence-corrected chi connectivity index (χ2v) is 10.2. The Morgan fingerprint density at radius 2 is 1.92 bits per heavy atom. The van der Waals surface area contributed by atoms with Crippen LogP contribution in [-0.2, 0) is 18.0 Å². The van der Waals surface area contributed by atoms with Crippen LogP contribution in [0.2, 0.25) is 0 Å². The highest BCUT2D eigenvalue weighted by Crippen LogP contribution is 2.38. The number of imidazole rings is 1. The molecule has 0 unspecified atom stereocenters. The Bertz CT molecular complexity index is 1410. The average molecular weight is 543 g/mol. The smallest absolute Gasteiger partial charge is 0.421 e. The molecule has 2 aliphatic rings. The number of amides is 1. The van der Waals surface area contributed by atoms with E-state index in [9.17, 15) is 23.2 Å². The van der Waals surface area contributed by atoms with Gasteiger partial charge in [0.05, 0.1) is 19.0 Å². The zero-order valence-corrected chi connectivity index (χ0v) is 21.8. The molecule has 5 rings (SSSR count). The van der Waals surface area contributed by atoms with Crippen molar-refractivity contribution in [2.75, 3.05) is 33.3 Å². The number of ether oxygens (including phenoxy) is 1. The molecule has 206 valence electrons. The van der Waals surface area contributed by atoms with Gasteiger partial charge in [-0.1, -0.05) is 0 Å². The van der Waals surface area contributed by atoms with Crippen LogP contribution in [0.25, 0.3) is 22.4 Å². The molecule has 0 spiro atoms. The Morgan fingerprint density at radius 1 is 1.15 bits per heavy atom. The maximum atomic E-state index is 14.0. The third-order valence-corrected chi connectivity index (χ3v) is 7.59. The Balaban J connectivity index is 1.25. The summed E-state index contributed by atoms with van der Waals surface area (Å²) < 4.78 is 49.1. The number of carbonyl (C=O) groups excluding carboxylic acids is 1. The minimum atomic E-state index is -4.72. The van der Waals surface area contributed by atoms with Crippen LogP contribution >= 0.6 is 0 Å². The second-order valence-electron chi connectivity index (χ2n) is 10.2. The summed E-state index contributed by atoms with van der Waals surface area (Å²) in [6.45, 7) is 2.32. The Hall–Kier alpha value is -3.79. The molecule has 2 fully saturated rings. The molecule has 0 saturated carbocycles. The van der Waals surface area contributed by atoms with Crippen molar-refractivity contribution in [3.8, 4) is 23.2 Å². The van der Waals surface area contributed by atoms with Gasteiger partial charge in [-0.2, -0.15) is 23.4 Å². The fourth-order valence-electron chi connectivity index (χ4n) is 5.36. The standard InChI is InChI=1S/C26H29F3N8O2/c1-35-8-3-4-19(35)25(38)37-9-5-16(6-10-37)7-11-39-24-18(26(27,28)29)12-17(14-31-24)21-22-23(36(2)15-32-22)34-20(13-30)33-21/h12,14-16,19H,3-11H2,1-2H3/t19-/m1/s1. The maximum Gasteiger partial charge on any atom is 0.421 e. The van der Waals surface area contributed by atoms with Crippen molar-refractivity contribution in [2.24, 2.45) is 13.0 Å². The van der Waals surface area contributed by atoms with Crippen LogP contribution in [0.4, 0.5) is 13.2 Å². The van der Waals surface area contributed by atoms with Crippen LogP contribution in [0.15, 0.2) is 18.6 Å². The second kappa shape index (κ2) is 10.8. The first-order chi connectivity index (χ1) is 18.7. The van der Waals surface area contributed by atoms with Crippen LogP contribution in [-0.4, -0.2) is 79.5 Å². The van der Waals surface area contributed by atoms with Gasteiger partial charge in [-0.05, 0) is 57.7 Å². The van der Waals surface area contributed by atoms with Crippen molar-refractivity contribution in [1.29, 1.82) is 5.26 Å². The predicted octanol–water partition coefficient (Wildman–Crippen LogP) is 3.42. The summed E-state index contributed by atoms with van der Waals surface area (Å²) in [7, 11) is 3.64. The number of hydrogen-bond acceptors (Lipinski definition) is 8. The molecular formula is C26H29F3N8O2. The minimum absolute atomic E-state index is 0.0395. The predicted molar refractivity (Wildman–Crippen MR) is 134 cm³/mol. The molecule has 39 heavy (non-hydrogen) atoms. The van der Waals surface area contributed by atoms with E-state index in [4.69, 9.17) is 4.74 Å². The fraction of sp³-hybridized carbons (Fsp3) is 0.538. The van der Waals surface area contributed by atoms with Gasteiger partial charge in [-0.3, -0.25) is 9.69 Å². The number of hydrogen-bond donors (Lipinski definition) is 0. The van der Waals surface area contributed by atoms with Crippen LogP contribution < -0.4 is 4.74 Å². The summed E-state index contributed by atoms with van der Waals surface area (Å²) in [5, 5.41) is 9.29. The van der Waals surface area contributed by atoms with Crippen molar-refractivity contribution >= 4 is 17.1 Å². The van der Waals surface area contributed by atoms with Gasteiger partial charge in [0.1, 0.15) is 22.8 Å². The first-order valence-electron chi connectivity index (χ1n) is 12.9. The van der Waals surface area contributed by atoms with Crippen LogP contribution in [0.3, 0.4) is 0 Å². The number of likely N-dealkylation sites (N-methyl/N-ethyl adjacent to an activating group) is 1. The largest absolute Gasteiger partial charge is 0.477 e. The van der Waals surface area contributed by atoms with Crippen molar-refractivity contribution in [3.63, 3.8) is 0 Å². The third-order valence-electron chi connectivity index (χ3n) is 7.59. The normalized spacial score (nSPS) is 19.0. The molecule has 13 heteroatoms. The molecule has 2 aliphatic heterocycles. The maximum absolute atomic E-state index is 14.0. The van der Waals surface area contributed by atoms with Gasteiger partial charge in [0.15, 0.2) is 5.65 Å². The highest BCUT2D eigenvalue weighted by molar-refractivity contribution is 5.87. The first kappa shape index (κ1) is 26.8. The fourth-order valence-corrected chi connectivity index (χ4v) is 5.36. The summed E-state index contributed by atoms with van der Waals surface area (Å²) in [5.74, 6) is -0.253. The van der Waals surface area contributed by atoms with Gasteiger partial charge in [0, 0.05) is 31.9 Å². The van der Waals surface area contributed by atoms with Gasteiger partial charge in [-0.25, -0.2) is 15.0 Å². The van der Waals surface area contributed by atoms with Crippen LogP contribution in [0, 0.1) is 17.2 Å². The molecule has 0 bridgehead atoms. The number of piperidine rings is 1. The molecular weight excluding hydrogens is 513 g/mol.